The summed E-state index contributed by atoms with van der Waals surface area (Å²) in [6.07, 6.45) is 4.99. The first-order valence-corrected chi connectivity index (χ1v) is 6.48. The molecule has 0 aromatic rings. The van der Waals surface area contributed by atoms with E-state index in [2.05, 4.69) is 6.92 Å². The van der Waals surface area contributed by atoms with Gasteiger partial charge in [-0.2, -0.15) is 0 Å². The molecule has 0 rings (SSSR count). The number of hydrogen-bond acceptors (Lipinski definition) is 0. The Balaban J connectivity index is 3.38. The van der Waals surface area contributed by atoms with E-state index in [4.69, 9.17) is 0 Å². The molecule has 0 aliphatic rings. The van der Waals surface area contributed by atoms with Crippen LogP contribution in [0.4, 0.5) is 4.11 Å². The zero-order valence-electron chi connectivity index (χ0n) is 6.45. The van der Waals surface area contributed by atoms with Crippen LogP contribution in [0.15, 0.2) is 12.2 Å². The molecule has 0 aliphatic heterocycles. The second-order valence-corrected chi connectivity index (χ2v) is 6.65. The molecule has 0 saturated heterocycles. The molecule has 0 N–H and O–H groups in total. The van der Waals surface area contributed by atoms with Crippen LogP contribution in [0.1, 0.15) is 13.3 Å². The van der Waals surface area contributed by atoms with E-state index >= 15 is 0 Å². The normalized spacial score (nSPS) is 12.9. The van der Waals surface area contributed by atoms with E-state index in [1.165, 1.54) is 0 Å². The highest BCUT2D eigenvalue weighted by atomic mass is 28.4. The van der Waals surface area contributed by atoms with E-state index < -0.39 is 8.41 Å². The van der Waals surface area contributed by atoms with Crippen molar-refractivity contribution in [3.05, 3.63) is 12.2 Å². The zero-order chi connectivity index (χ0) is 7.33. The maximum absolute atomic E-state index is 12.8. The van der Waals surface area contributed by atoms with Crippen LogP contribution >= 0.6 is 0 Å². The summed E-state index contributed by atoms with van der Waals surface area (Å²) in [5.41, 5.74) is 0. The fourth-order valence-corrected chi connectivity index (χ4v) is 1.26. The lowest BCUT2D eigenvalue weighted by Crippen LogP contribution is -2.15. The maximum atomic E-state index is 12.8. The third-order valence-corrected chi connectivity index (χ3v) is 2.21. The van der Waals surface area contributed by atoms with E-state index in [9.17, 15) is 4.11 Å². The standard InChI is InChI=1S/C7H15FSi/c1-4-5-6-7-9(2,3)8/h5-6H,4,7H2,1-3H3/b6-5+. The minimum atomic E-state index is -2.28. The van der Waals surface area contributed by atoms with Crippen LogP contribution in [0, 0.1) is 0 Å². The molecule has 0 amide bonds. The van der Waals surface area contributed by atoms with Gasteiger partial charge in [-0.05, 0) is 25.6 Å². The van der Waals surface area contributed by atoms with Gasteiger partial charge in [0.2, 0.25) is 8.41 Å². The summed E-state index contributed by atoms with van der Waals surface area (Å²) >= 11 is 0. The van der Waals surface area contributed by atoms with Gasteiger partial charge in [-0.25, -0.2) is 0 Å². The summed E-state index contributed by atoms with van der Waals surface area (Å²) in [7, 11) is -2.28. The van der Waals surface area contributed by atoms with Crippen LogP contribution < -0.4 is 0 Å². The third kappa shape index (κ3) is 7.89. The molecule has 2 heteroatoms. The highest BCUT2D eigenvalue weighted by Crippen LogP contribution is 2.10. The summed E-state index contributed by atoms with van der Waals surface area (Å²) < 4.78 is 12.8. The minimum absolute atomic E-state index is 0.668. The van der Waals surface area contributed by atoms with Crippen molar-refractivity contribution in [1.82, 2.24) is 0 Å². The fraction of sp³-hybridized carbons (Fsp3) is 0.714. The summed E-state index contributed by atoms with van der Waals surface area (Å²) in [6.45, 7) is 5.52. The van der Waals surface area contributed by atoms with Crippen LogP contribution in [-0.2, 0) is 0 Å². The lowest BCUT2D eigenvalue weighted by molar-refractivity contribution is 0.799. The Labute approximate surface area is 58.0 Å². The average molecular weight is 146 g/mol. The first kappa shape index (κ1) is 8.89. The predicted octanol–water partition coefficient (Wildman–Crippen LogP) is 3.13. The van der Waals surface area contributed by atoms with Gasteiger partial charge >= 0.3 is 0 Å². The molecule has 9 heavy (non-hydrogen) atoms. The Morgan fingerprint density at radius 1 is 1.33 bits per heavy atom. The molecule has 0 radical (unpaired) electrons. The molecular formula is C7H15FSi. The second kappa shape index (κ2) is 3.83. The first-order valence-electron chi connectivity index (χ1n) is 3.40. The summed E-state index contributed by atoms with van der Waals surface area (Å²) in [5, 5.41) is 0. The maximum Gasteiger partial charge on any atom is 0.244 e. The predicted molar refractivity (Wildman–Crippen MR) is 42.8 cm³/mol. The monoisotopic (exact) mass is 146 g/mol. The third-order valence-electron chi connectivity index (χ3n) is 1.01. The molecule has 0 spiro atoms. The number of halogens is 1. The zero-order valence-corrected chi connectivity index (χ0v) is 7.45. The molecule has 0 aromatic heterocycles. The van der Waals surface area contributed by atoms with Gasteiger partial charge in [0, 0.05) is 0 Å². The lowest BCUT2D eigenvalue weighted by Gasteiger charge is -2.04. The molecule has 0 unspecified atom stereocenters. The van der Waals surface area contributed by atoms with Gasteiger partial charge in [0.15, 0.2) is 0 Å². The van der Waals surface area contributed by atoms with Crippen molar-refractivity contribution in [3.8, 4) is 0 Å². The van der Waals surface area contributed by atoms with Crippen molar-refractivity contribution in [3.63, 3.8) is 0 Å². The smallest absolute Gasteiger partial charge is 0.244 e. The molecular weight excluding hydrogens is 131 g/mol. The SMILES string of the molecule is CC/C=C/C[Si](C)(C)F. The Morgan fingerprint density at radius 3 is 2.22 bits per heavy atom. The number of rotatable bonds is 3. The molecule has 0 saturated carbocycles. The van der Waals surface area contributed by atoms with Crippen LogP contribution in [0.3, 0.4) is 0 Å². The Hall–Kier alpha value is -0.113. The highest BCUT2D eigenvalue weighted by Gasteiger charge is 2.16. The van der Waals surface area contributed by atoms with Gasteiger partial charge in [0.05, 0.1) is 0 Å². The molecule has 0 heterocycles. The molecule has 54 valence electrons. The van der Waals surface area contributed by atoms with E-state index in [1.54, 1.807) is 13.1 Å². The largest absolute Gasteiger partial charge is 0.314 e. The molecule has 0 aliphatic carbocycles. The van der Waals surface area contributed by atoms with Gasteiger partial charge in [0.1, 0.15) is 0 Å². The van der Waals surface area contributed by atoms with Crippen LogP contribution in [0.5, 0.6) is 0 Å². The Kier molecular flexibility index (Phi) is 3.78. The van der Waals surface area contributed by atoms with Gasteiger partial charge in [-0.3, -0.25) is 0 Å². The minimum Gasteiger partial charge on any atom is -0.314 e. The summed E-state index contributed by atoms with van der Waals surface area (Å²) in [5.74, 6) is 0. The van der Waals surface area contributed by atoms with E-state index in [-0.39, 0.29) is 0 Å². The van der Waals surface area contributed by atoms with Gasteiger partial charge in [-0.15, -0.1) is 0 Å². The van der Waals surface area contributed by atoms with E-state index in [0.717, 1.165) is 6.42 Å². The van der Waals surface area contributed by atoms with Crippen LogP contribution in [0.2, 0.25) is 19.1 Å². The van der Waals surface area contributed by atoms with Gasteiger partial charge in [0.25, 0.3) is 0 Å². The van der Waals surface area contributed by atoms with Crippen molar-refractivity contribution < 1.29 is 4.11 Å². The Bertz CT molecular complexity index is 91.6. The summed E-state index contributed by atoms with van der Waals surface area (Å²) in [4.78, 5) is 0. The number of allylic oxidation sites excluding steroid dienone is 2. The average Bonchev–Trinajstić information content (AvgIpc) is 1.63. The van der Waals surface area contributed by atoms with E-state index in [1.807, 2.05) is 12.2 Å². The first-order chi connectivity index (χ1) is 4.06. The fourth-order valence-electron chi connectivity index (χ4n) is 0.530. The number of hydrogen-bond donors (Lipinski definition) is 0. The van der Waals surface area contributed by atoms with E-state index in [0.29, 0.717) is 6.04 Å². The second-order valence-electron chi connectivity index (χ2n) is 2.80. The van der Waals surface area contributed by atoms with Gasteiger partial charge in [-0.1, -0.05) is 19.1 Å². The molecule has 0 bridgehead atoms. The highest BCUT2D eigenvalue weighted by molar-refractivity contribution is 6.70. The van der Waals surface area contributed by atoms with Crippen molar-refractivity contribution in [2.75, 3.05) is 0 Å². The molecule has 0 nitrogen and oxygen atoms in total. The topological polar surface area (TPSA) is 0 Å². The van der Waals surface area contributed by atoms with Crippen LogP contribution in [0.25, 0.3) is 0 Å². The quantitative estimate of drug-likeness (QED) is 0.326. The summed E-state index contributed by atoms with van der Waals surface area (Å²) in [6, 6.07) is 0.668. The van der Waals surface area contributed by atoms with Crippen molar-refractivity contribution in [1.29, 1.82) is 0 Å². The van der Waals surface area contributed by atoms with Crippen molar-refractivity contribution in [2.24, 2.45) is 0 Å². The molecule has 0 aromatic carbocycles. The van der Waals surface area contributed by atoms with Crippen LogP contribution in [-0.4, -0.2) is 8.41 Å². The Morgan fingerprint density at radius 2 is 1.89 bits per heavy atom. The molecule has 0 atom stereocenters. The van der Waals surface area contributed by atoms with Gasteiger partial charge < -0.3 is 4.11 Å². The molecule has 0 fully saturated rings. The van der Waals surface area contributed by atoms with Crippen molar-refractivity contribution in [2.45, 2.75) is 32.5 Å². The van der Waals surface area contributed by atoms with Crippen molar-refractivity contribution >= 4 is 8.41 Å². The lowest BCUT2D eigenvalue weighted by atomic mass is 10.4.